The van der Waals surface area contributed by atoms with Crippen molar-refractivity contribution < 1.29 is 4.79 Å². The summed E-state index contributed by atoms with van der Waals surface area (Å²) in [7, 11) is 0. The number of carbonyl (C=O) groups is 1. The molecular formula is C12H14BrNO. The van der Waals surface area contributed by atoms with Crippen molar-refractivity contribution in [2.45, 2.75) is 25.8 Å². The minimum absolute atomic E-state index is 0.0685. The Morgan fingerprint density at radius 1 is 1.33 bits per heavy atom. The van der Waals surface area contributed by atoms with Crippen LogP contribution in [0.1, 0.15) is 20.3 Å². The number of benzene rings is 1. The molecule has 2 nitrogen and oxygen atoms in total. The summed E-state index contributed by atoms with van der Waals surface area (Å²) in [5, 5.41) is 0. The van der Waals surface area contributed by atoms with E-state index in [0.717, 1.165) is 10.2 Å². The van der Waals surface area contributed by atoms with Crippen LogP contribution in [0.2, 0.25) is 0 Å². The SMILES string of the molecule is CC1(C)CC(=O)CN1c1ccccc1Br. The van der Waals surface area contributed by atoms with Gasteiger partial charge in [-0.25, -0.2) is 0 Å². The average Bonchev–Trinajstić information content (AvgIpc) is 2.40. The maximum atomic E-state index is 11.5. The molecule has 0 amide bonds. The lowest BCUT2D eigenvalue weighted by atomic mass is 10.0. The van der Waals surface area contributed by atoms with Crippen LogP contribution in [0.3, 0.4) is 0 Å². The first-order valence-corrected chi connectivity index (χ1v) is 5.84. The monoisotopic (exact) mass is 267 g/mol. The van der Waals surface area contributed by atoms with Gasteiger partial charge in [-0.1, -0.05) is 12.1 Å². The molecule has 1 aliphatic heterocycles. The van der Waals surface area contributed by atoms with Crippen molar-refractivity contribution in [3.05, 3.63) is 28.7 Å². The third kappa shape index (κ3) is 1.93. The summed E-state index contributed by atoms with van der Waals surface area (Å²) in [6.07, 6.45) is 0.633. The quantitative estimate of drug-likeness (QED) is 0.780. The molecule has 0 N–H and O–H groups in total. The lowest BCUT2D eigenvalue weighted by molar-refractivity contribution is -0.116. The fourth-order valence-corrected chi connectivity index (χ4v) is 2.60. The van der Waals surface area contributed by atoms with Crippen LogP contribution in [0, 0.1) is 0 Å². The smallest absolute Gasteiger partial charge is 0.154 e. The summed E-state index contributed by atoms with van der Waals surface area (Å²) >= 11 is 3.52. The topological polar surface area (TPSA) is 20.3 Å². The molecule has 1 aliphatic rings. The molecule has 15 heavy (non-hydrogen) atoms. The van der Waals surface area contributed by atoms with Gasteiger partial charge in [-0.3, -0.25) is 4.79 Å². The number of carbonyl (C=O) groups excluding carboxylic acids is 1. The largest absolute Gasteiger partial charge is 0.358 e. The Morgan fingerprint density at radius 3 is 2.53 bits per heavy atom. The van der Waals surface area contributed by atoms with Gasteiger partial charge in [-0.05, 0) is 41.9 Å². The van der Waals surface area contributed by atoms with Crippen molar-refractivity contribution in [2.24, 2.45) is 0 Å². The summed E-state index contributed by atoms with van der Waals surface area (Å²) in [5.74, 6) is 0.316. The summed E-state index contributed by atoms with van der Waals surface area (Å²) in [5.41, 5.74) is 1.04. The van der Waals surface area contributed by atoms with Crippen LogP contribution in [-0.2, 0) is 4.79 Å². The van der Waals surface area contributed by atoms with Crippen molar-refractivity contribution in [2.75, 3.05) is 11.4 Å². The number of para-hydroxylation sites is 1. The van der Waals surface area contributed by atoms with Crippen molar-refractivity contribution in [1.29, 1.82) is 0 Å². The lowest BCUT2D eigenvalue weighted by Crippen LogP contribution is -2.38. The van der Waals surface area contributed by atoms with E-state index in [1.807, 2.05) is 24.3 Å². The highest BCUT2D eigenvalue weighted by atomic mass is 79.9. The standard InChI is InChI=1S/C12H14BrNO/c1-12(2)7-9(15)8-14(12)11-6-4-3-5-10(11)13/h3-6H,7-8H2,1-2H3. The highest BCUT2D eigenvalue weighted by molar-refractivity contribution is 9.10. The Bertz CT molecular complexity index is 400. The van der Waals surface area contributed by atoms with Gasteiger partial charge in [0.1, 0.15) is 0 Å². The van der Waals surface area contributed by atoms with Crippen molar-refractivity contribution in [3.63, 3.8) is 0 Å². The first-order chi connectivity index (χ1) is 7.00. The second-order valence-corrected chi connectivity index (χ2v) is 5.42. The summed E-state index contributed by atoms with van der Waals surface area (Å²) in [4.78, 5) is 13.7. The van der Waals surface area contributed by atoms with Gasteiger partial charge >= 0.3 is 0 Å². The van der Waals surface area contributed by atoms with E-state index in [9.17, 15) is 4.79 Å². The van der Waals surface area contributed by atoms with Crippen LogP contribution in [0.25, 0.3) is 0 Å². The van der Waals surface area contributed by atoms with E-state index in [-0.39, 0.29) is 5.54 Å². The number of rotatable bonds is 1. The third-order valence-electron chi connectivity index (χ3n) is 2.84. The fourth-order valence-electron chi connectivity index (χ4n) is 2.11. The van der Waals surface area contributed by atoms with Gasteiger partial charge in [0.15, 0.2) is 5.78 Å². The number of hydrogen-bond donors (Lipinski definition) is 0. The Labute approximate surface area is 98.4 Å². The second kappa shape index (κ2) is 3.63. The van der Waals surface area contributed by atoms with Crippen molar-refractivity contribution in [3.8, 4) is 0 Å². The van der Waals surface area contributed by atoms with Gasteiger partial charge in [-0.15, -0.1) is 0 Å². The van der Waals surface area contributed by atoms with Crippen LogP contribution in [0.15, 0.2) is 28.7 Å². The number of anilines is 1. The van der Waals surface area contributed by atoms with Crippen molar-refractivity contribution >= 4 is 27.4 Å². The highest BCUT2D eigenvalue weighted by Gasteiger charge is 2.37. The number of ketones is 1. The molecule has 0 aromatic heterocycles. The Hall–Kier alpha value is -0.830. The van der Waals surface area contributed by atoms with Crippen LogP contribution in [0.4, 0.5) is 5.69 Å². The zero-order valence-electron chi connectivity index (χ0n) is 8.96. The van der Waals surface area contributed by atoms with Crippen LogP contribution < -0.4 is 4.90 Å². The summed E-state index contributed by atoms with van der Waals surface area (Å²) in [6, 6.07) is 8.04. The van der Waals surface area contributed by atoms with Crippen LogP contribution >= 0.6 is 15.9 Å². The molecule has 1 aromatic rings. The molecule has 2 rings (SSSR count). The van der Waals surface area contributed by atoms with E-state index < -0.39 is 0 Å². The maximum Gasteiger partial charge on any atom is 0.154 e. The van der Waals surface area contributed by atoms with E-state index >= 15 is 0 Å². The minimum Gasteiger partial charge on any atom is -0.358 e. The molecule has 1 saturated heterocycles. The molecule has 1 fully saturated rings. The summed E-state index contributed by atoms with van der Waals surface area (Å²) < 4.78 is 1.05. The predicted octanol–water partition coefficient (Wildman–Crippen LogP) is 3.01. The zero-order chi connectivity index (χ0) is 11.1. The molecule has 3 heteroatoms. The average molecular weight is 268 g/mol. The van der Waals surface area contributed by atoms with Gasteiger partial charge in [0.2, 0.25) is 0 Å². The first kappa shape index (κ1) is 10.7. The number of Topliss-reactive ketones (excluding diaryl/α,β-unsaturated/α-hetero) is 1. The number of nitrogens with zero attached hydrogens (tertiary/aromatic N) is 1. The molecule has 1 heterocycles. The van der Waals surface area contributed by atoms with Crippen LogP contribution in [-0.4, -0.2) is 17.9 Å². The minimum atomic E-state index is -0.0685. The van der Waals surface area contributed by atoms with Gasteiger partial charge in [0, 0.05) is 16.4 Å². The molecule has 0 atom stereocenters. The lowest BCUT2D eigenvalue weighted by Gasteiger charge is -2.33. The Balaban J connectivity index is 2.40. The normalized spacial score (nSPS) is 19.7. The molecular weight excluding hydrogens is 254 g/mol. The molecule has 0 unspecified atom stereocenters. The maximum absolute atomic E-state index is 11.5. The van der Waals surface area contributed by atoms with E-state index in [1.54, 1.807) is 0 Å². The van der Waals surface area contributed by atoms with Gasteiger partial charge in [0.25, 0.3) is 0 Å². The van der Waals surface area contributed by atoms with E-state index in [4.69, 9.17) is 0 Å². The fraction of sp³-hybridized carbons (Fsp3) is 0.417. The molecule has 1 aromatic carbocycles. The second-order valence-electron chi connectivity index (χ2n) is 4.57. The molecule has 0 aliphatic carbocycles. The van der Waals surface area contributed by atoms with E-state index in [2.05, 4.69) is 34.7 Å². The van der Waals surface area contributed by atoms with E-state index in [0.29, 0.717) is 18.7 Å². The number of hydrogen-bond acceptors (Lipinski definition) is 2. The number of halogens is 1. The zero-order valence-corrected chi connectivity index (χ0v) is 10.5. The Morgan fingerprint density at radius 2 is 2.00 bits per heavy atom. The first-order valence-electron chi connectivity index (χ1n) is 5.04. The third-order valence-corrected chi connectivity index (χ3v) is 3.51. The highest BCUT2D eigenvalue weighted by Crippen LogP contribution is 2.36. The van der Waals surface area contributed by atoms with Gasteiger partial charge in [-0.2, -0.15) is 0 Å². The van der Waals surface area contributed by atoms with E-state index in [1.165, 1.54) is 0 Å². The Kier molecular flexibility index (Phi) is 2.59. The van der Waals surface area contributed by atoms with Gasteiger partial charge < -0.3 is 4.90 Å². The van der Waals surface area contributed by atoms with Gasteiger partial charge in [0.05, 0.1) is 12.2 Å². The molecule has 0 spiro atoms. The van der Waals surface area contributed by atoms with Crippen LogP contribution in [0.5, 0.6) is 0 Å². The van der Waals surface area contributed by atoms with Crippen molar-refractivity contribution in [1.82, 2.24) is 0 Å². The molecule has 0 radical (unpaired) electrons. The molecule has 0 saturated carbocycles. The predicted molar refractivity (Wildman–Crippen MR) is 65.2 cm³/mol. The summed E-state index contributed by atoms with van der Waals surface area (Å²) in [6.45, 7) is 4.74. The molecule has 80 valence electrons. The molecule has 0 bridgehead atoms.